The zero-order valence-electron chi connectivity index (χ0n) is 14.7. The molecule has 0 unspecified atom stereocenters. The van der Waals surface area contributed by atoms with Crippen molar-refractivity contribution in [2.45, 2.75) is 13.0 Å². The van der Waals surface area contributed by atoms with Gasteiger partial charge in [0, 0.05) is 42.3 Å². The number of amides is 1. The Morgan fingerprint density at radius 3 is 2.86 bits per heavy atom. The molecule has 4 rings (SSSR count). The molecule has 0 spiro atoms. The lowest BCUT2D eigenvalue weighted by molar-refractivity contribution is -0.120. The first kappa shape index (κ1) is 18.1. The fourth-order valence-electron chi connectivity index (χ4n) is 2.98. The lowest BCUT2D eigenvalue weighted by Crippen LogP contribution is -2.24. The summed E-state index contributed by atoms with van der Waals surface area (Å²) in [4.78, 5) is 23.8. The van der Waals surface area contributed by atoms with E-state index in [0.29, 0.717) is 12.2 Å². The van der Waals surface area contributed by atoms with Gasteiger partial charge in [-0.25, -0.2) is 9.37 Å². The molecule has 4 aromatic rings. The van der Waals surface area contributed by atoms with Crippen LogP contribution < -0.4 is 5.32 Å². The number of H-pyrrole nitrogens is 1. The molecule has 0 fully saturated rings. The Bertz CT molecular complexity index is 1140. The molecule has 7 heteroatoms. The first-order valence-corrected chi connectivity index (χ1v) is 9.05. The molecule has 2 N–H and O–H groups in total. The Balaban J connectivity index is 1.54. The van der Waals surface area contributed by atoms with Gasteiger partial charge in [-0.05, 0) is 41.0 Å². The number of nitrogens with one attached hydrogen (secondary N) is 2. The van der Waals surface area contributed by atoms with Crippen LogP contribution in [0.4, 0.5) is 4.39 Å². The fraction of sp³-hybridized carbons (Fsp3) is 0.0952. The van der Waals surface area contributed by atoms with Gasteiger partial charge in [0.2, 0.25) is 5.91 Å². The number of benzene rings is 1. The van der Waals surface area contributed by atoms with Crippen molar-refractivity contribution in [3.63, 3.8) is 0 Å². The molecule has 0 bridgehead atoms. The zero-order chi connectivity index (χ0) is 19.5. The van der Waals surface area contributed by atoms with Crippen LogP contribution in [0.25, 0.3) is 22.2 Å². The van der Waals surface area contributed by atoms with Crippen LogP contribution in [0.2, 0.25) is 5.02 Å². The van der Waals surface area contributed by atoms with Gasteiger partial charge in [0.05, 0.1) is 11.4 Å². The standard InChI is InChI=1S/C21H16ClFN4O/c22-18-7-14(3-4-19(18)23)15-6-17-16(12-27-21(17)26-11-15)8-20(28)25-10-13-2-1-5-24-9-13/h1-7,9,11-12H,8,10H2,(H,25,28)(H,26,27). The maximum atomic E-state index is 13.4. The number of nitrogens with zero attached hydrogens (tertiary/aromatic N) is 2. The Labute approximate surface area is 165 Å². The number of aromatic amines is 1. The molecule has 0 atom stereocenters. The average molecular weight is 395 g/mol. The van der Waals surface area contributed by atoms with Crippen molar-refractivity contribution >= 4 is 28.5 Å². The van der Waals surface area contributed by atoms with E-state index in [1.165, 1.54) is 6.07 Å². The number of fused-ring (bicyclic) bond motifs is 1. The summed E-state index contributed by atoms with van der Waals surface area (Å²) in [6.45, 7) is 0.423. The van der Waals surface area contributed by atoms with Gasteiger partial charge in [-0.1, -0.05) is 23.7 Å². The number of carbonyl (C=O) groups is 1. The van der Waals surface area contributed by atoms with Gasteiger partial charge in [-0.2, -0.15) is 0 Å². The predicted molar refractivity (Wildman–Crippen MR) is 106 cm³/mol. The molecule has 0 saturated carbocycles. The van der Waals surface area contributed by atoms with E-state index in [4.69, 9.17) is 11.6 Å². The smallest absolute Gasteiger partial charge is 0.224 e. The van der Waals surface area contributed by atoms with Crippen LogP contribution in [0.1, 0.15) is 11.1 Å². The minimum atomic E-state index is -0.466. The summed E-state index contributed by atoms with van der Waals surface area (Å²) >= 11 is 5.89. The fourth-order valence-corrected chi connectivity index (χ4v) is 3.16. The lowest BCUT2D eigenvalue weighted by Gasteiger charge is -2.06. The van der Waals surface area contributed by atoms with Gasteiger partial charge in [0.1, 0.15) is 11.5 Å². The number of carbonyl (C=O) groups excluding carboxylic acids is 1. The number of rotatable bonds is 5. The summed E-state index contributed by atoms with van der Waals surface area (Å²) < 4.78 is 13.4. The van der Waals surface area contributed by atoms with Crippen LogP contribution in [0.5, 0.6) is 0 Å². The summed E-state index contributed by atoms with van der Waals surface area (Å²) in [5.41, 5.74) is 4.01. The highest BCUT2D eigenvalue weighted by molar-refractivity contribution is 6.31. The Hall–Kier alpha value is -3.25. The van der Waals surface area contributed by atoms with E-state index in [1.54, 1.807) is 36.9 Å². The highest BCUT2D eigenvalue weighted by Crippen LogP contribution is 2.28. The predicted octanol–water partition coefficient (Wildman–Crippen LogP) is 4.28. The van der Waals surface area contributed by atoms with Crippen molar-refractivity contribution < 1.29 is 9.18 Å². The molecule has 0 aliphatic rings. The number of aromatic nitrogens is 3. The number of hydrogen-bond acceptors (Lipinski definition) is 3. The maximum absolute atomic E-state index is 13.4. The molecular formula is C21H16ClFN4O. The molecule has 0 saturated heterocycles. The van der Waals surface area contributed by atoms with Crippen LogP contribution in [0.15, 0.2) is 61.2 Å². The number of halogens is 2. The quantitative estimate of drug-likeness (QED) is 0.531. The Morgan fingerprint density at radius 1 is 1.18 bits per heavy atom. The van der Waals surface area contributed by atoms with Gasteiger partial charge in [-0.3, -0.25) is 9.78 Å². The minimum absolute atomic E-state index is 0.0571. The van der Waals surface area contributed by atoms with Gasteiger partial charge >= 0.3 is 0 Å². The Kier molecular flexibility index (Phi) is 5.04. The van der Waals surface area contributed by atoms with Gasteiger partial charge in [0.25, 0.3) is 0 Å². The van der Waals surface area contributed by atoms with Crippen molar-refractivity contribution in [1.82, 2.24) is 20.3 Å². The van der Waals surface area contributed by atoms with Gasteiger partial charge in [0.15, 0.2) is 0 Å². The van der Waals surface area contributed by atoms with E-state index in [2.05, 4.69) is 20.3 Å². The summed E-state index contributed by atoms with van der Waals surface area (Å²) in [6.07, 6.45) is 7.10. The summed E-state index contributed by atoms with van der Waals surface area (Å²) in [6, 6.07) is 10.2. The van der Waals surface area contributed by atoms with E-state index < -0.39 is 5.82 Å². The molecule has 1 amide bonds. The SMILES string of the molecule is O=C(Cc1c[nH]c2ncc(-c3ccc(F)c(Cl)c3)cc12)NCc1cccnc1. The molecule has 0 aliphatic carbocycles. The average Bonchev–Trinajstić information content (AvgIpc) is 3.11. The summed E-state index contributed by atoms with van der Waals surface area (Å²) in [5.74, 6) is -0.563. The third-order valence-electron chi connectivity index (χ3n) is 4.43. The van der Waals surface area contributed by atoms with Crippen LogP contribution in [-0.2, 0) is 17.8 Å². The molecule has 3 heterocycles. The molecule has 0 radical (unpaired) electrons. The van der Waals surface area contributed by atoms with E-state index in [1.807, 2.05) is 18.2 Å². The lowest BCUT2D eigenvalue weighted by atomic mass is 10.0. The highest BCUT2D eigenvalue weighted by atomic mass is 35.5. The van der Waals surface area contributed by atoms with Crippen molar-refractivity contribution in [2.24, 2.45) is 0 Å². The highest BCUT2D eigenvalue weighted by Gasteiger charge is 2.12. The van der Waals surface area contributed by atoms with E-state index in [0.717, 1.165) is 27.6 Å². The largest absolute Gasteiger partial charge is 0.352 e. The molecule has 0 aliphatic heterocycles. The van der Waals surface area contributed by atoms with E-state index in [-0.39, 0.29) is 17.4 Å². The number of hydrogen-bond donors (Lipinski definition) is 2. The molecule has 140 valence electrons. The van der Waals surface area contributed by atoms with Gasteiger partial charge in [-0.15, -0.1) is 0 Å². The number of pyridine rings is 2. The molecule has 28 heavy (non-hydrogen) atoms. The minimum Gasteiger partial charge on any atom is -0.352 e. The normalized spacial score (nSPS) is 10.9. The second-order valence-electron chi connectivity index (χ2n) is 6.38. The van der Waals surface area contributed by atoms with Crippen molar-refractivity contribution in [3.05, 3.63) is 83.2 Å². The summed E-state index contributed by atoms with van der Waals surface area (Å²) in [5, 5.41) is 3.79. The molecule has 1 aromatic carbocycles. The monoisotopic (exact) mass is 394 g/mol. The van der Waals surface area contributed by atoms with Gasteiger partial charge < -0.3 is 10.3 Å². The molecule has 5 nitrogen and oxygen atoms in total. The van der Waals surface area contributed by atoms with Crippen LogP contribution >= 0.6 is 11.6 Å². The molecular weight excluding hydrogens is 379 g/mol. The molecule has 3 aromatic heterocycles. The maximum Gasteiger partial charge on any atom is 0.224 e. The second-order valence-corrected chi connectivity index (χ2v) is 6.78. The second kappa shape index (κ2) is 7.78. The van der Waals surface area contributed by atoms with Crippen molar-refractivity contribution in [1.29, 1.82) is 0 Å². The van der Waals surface area contributed by atoms with Crippen LogP contribution in [0.3, 0.4) is 0 Å². The topological polar surface area (TPSA) is 70.7 Å². The van der Waals surface area contributed by atoms with Crippen molar-refractivity contribution in [2.75, 3.05) is 0 Å². The third kappa shape index (κ3) is 3.87. The Morgan fingerprint density at radius 2 is 2.07 bits per heavy atom. The van der Waals surface area contributed by atoms with Crippen LogP contribution in [0, 0.1) is 5.82 Å². The first-order valence-electron chi connectivity index (χ1n) is 8.67. The van der Waals surface area contributed by atoms with E-state index >= 15 is 0 Å². The third-order valence-corrected chi connectivity index (χ3v) is 4.72. The van der Waals surface area contributed by atoms with Crippen LogP contribution in [-0.4, -0.2) is 20.9 Å². The van der Waals surface area contributed by atoms with E-state index in [9.17, 15) is 9.18 Å². The summed E-state index contributed by atoms with van der Waals surface area (Å²) in [7, 11) is 0. The van der Waals surface area contributed by atoms with Crippen molar-refractivity contribution in [3.8, 4) is 11.1 Å². The zero-order valence-corrected chi connectivity index (χ0v) is 15.5. The first-order chi connectivity index (χ1) is 13.6.